The second-order valence-corrected chi connectivity index (χ2v) is 6.06. The van der Waals surface area contributed by atoms with Crippen LogP contribution in [-0.4, -0.2) is 22.6 Å². The highest BCUT2D eigenvalue weighted by atomic mass is 79.9. The first-order valence-electron chi connectivity index (χ1n) is 7.47. The third-order valence-corrected chi connectivity index (χ3v) is 4.02. The first-order chi connectivity index (χ1) is 11.0. The lowest BCUT2D eigenvalue weighted by molar-refractivity contribution is 0.0600. The van der Waals surface area contributed by atoms with Crippen LogP contribution in [0, 0.1) is 0 Å². The highest BCUT2D eigenvalue weighted by Gasteiger charge is 2.13. The van der Waals surface area contributed by atoms with Crippen LogP contribution in [0.15, 0.2) is 39.9 Å². The smallest absolute Gasteiger partial charge is 0.338 e. The van der Waals surface area contributed by atoms with Crippen LogP contribution in [0.5, 0.6) is 0 Å². The number of unbranched alkanes of at least 4 members (excludes halogenated alkanes) is 1. The van der Waals surface area contributed by atoms with Gasteiger partial charge in [-0.05, 0) is 46.5 Å². The molecule has 6 heteroatoms. The van der Waals surface area contributed by atoms with Crippen molar-refractivity contribution in [3.05, 3.63) is 62.2 Å². The molecule has 2 rings (SSSR count). The predicted molar refractivity (Wildman–Crippen MR) is 91.7 cm³/mol. The normalized spacial score (nSPS) is 10.6. The summed E-state index contributed by atoms with van der Waals surface area (Å²) in [5.74, 6) is -0.489. The zero-order valence-corrected chi connectivity index (χ0v) is 14.8. The van der Waals surface area contributed by atoms with Gasteiger partial charge in [0.15, 0.2) is 0 Å². The van der Waals surface area contributed by atoms with Crippen molar-refractivity contribution in [1.29, 1.82) is 0 Å². The molecular formula is C17H19BrN2O3. The molecule has 2 heterocycles. The predicted octanol–water partition coefficient (Wildman–Crippen LogP) is 3.18. The van der Waals surface area contributed by atoms with Crippen molar-refractivity contribution < 1.29 is 9.53 Å². The Morgan fingerprint density at radius 3 is 2.74 bits per heavy atom. The summed E-state index contributed by atoms with van der Waals surface area (Å²) >= 11 is 3.30. The second-order valence-electron chi connectivity index (χ2n) is 5.24. The number of hydrogen-bond donors (Lipinski definition) is 0. The van der Waals surface area contributed by atoms with E-state index in [1.165, 1.54) is 13.2 Å². The molecule has 0 atom stereocenters. The monoisotopic (exact) mass is 378 g/mol. The van der Waals surface area contributed by atoms with Crippen LogP contribution in [0.25, 0.3) is 0 Å². The maximum Gasteiger partial charge on any atom is 0.338 e. The largest absolute Gasteiger partial charge is 0.465 e. The molecule has 5 nitrogen and oxygen atoms in total. The first kappa shape index (κ1) is 17.4. The average molecular weight is 379 g/mol. The van der Waals surface area contributed by atoms with Crippen molar-refractivity contribution in [2.24, 2.45) is 0 Å². The van der Waals surface area contributed by atoms with Gasteiger partial charge in [0, 0.05) is 18.0 Å². The van der Waals surface area contributed by atoms with Crippen LogP contribution < -0.4 is 5.56 Å². The SMILES string of the molecule is CCCCc1cc(C(=O)OC)cc(=O)n1Cc1ccc(Br)nc1. The fraction of sp³-hybridized carbons (Fsp3) is 0.353. The minimum absolute atomic E-state index is 0.207. The number of nitrogens with zero attached hydrogens (tertiary/aromatic N) is 2. The van der Waals surface area contributed by atoms with E-state index >= 15 is 0 Å². The van der Waals surface area contributed by atoms with E-state index in [0.29, 0.717) is 12.1 Å². The van der Waals surface area contributed by atoms with Crippen molar-refractivity contribution >= 4 is 21.9 Å². The van der Waals surface area contributed by atoms with E-state index < -0.39 is 5.97 Å². The van der Waals surface area contributed by atoms with Crippen LogP contribution in [0.1, 0.15) is 41.4 Å². The summed E-state index contributed by atoms with van der Waals surface area (Å²) in [6, 6.07) is 6.83. The maximum atomic E-state index is 12.4. The topological polar surface area (TPSA) is 61.2 Å². The Morgan fingerprint density at radius 1 is 1.35 bits per heavy atom. The van der Waals surface area contributed by atoms with Gasteiger partial charge in [0.2, 0.25) is 0 Å². The molecule has 0 aliphatic rings. The van der Waals surface area contributed by atoms with Crippen molar-refractivity contribution in [3.8, 4) is 0 Å². The van der Waals surface area contributed by atoms with Crippen LogP contribution in [0.4, 0.5) is 0 Å². The fourth-order valence-corrected chi connectivity index (χ4v) is 2.55. The lowest BCUT2D eigenvalue weighted by Crippen LogP contribution is -2.25. The van der Waals surface area contributed by atoms with Gasteiger partial charge < -0.3 is 9.30 Å². The van der Waals surface area contributed by atoms with Crippen molar-refractivity contribution in [2.45, 2.75) is 32.7 Å². The molecule has 0 spiro atoms. The average Bonchev–Trinajstić information content (AvgIpc) is 2.56. The Morgan fingerprint density at radius 2 is 2.13 bits per heavy atom. The number of ether oxygens (including phenoxy) is 1. The molecule has 122 valence electrons. The molecule has 0 aliphatic heterocycles. The minimum atomic E-state index is -0.489. The molecule has 0 saturated heterocycles. The quantitative estimate of drug-likeness (QED) is 0.571. The molecule has 0 radical (unpaired) electrons. The molecule has 0 amide bonds. The summed E-state index contributed by atoms with van der Waals surface area (Å²) in [5.41, 5.74) is 1.86. The summed E-state index contributed by atoms with van der Waals surface area (Å²) < 4.78 is 7.16. The number of carbonyl (C=O) groups excluding carboxylic acids is 1. The zero-order valence-electron chi connectivity index (χ0n) is 13.2. The minimum Gasteiger partial charge on any atom is -0.465 e. The highest BCUT2D eigenvalue weighted by molar-refractivity contribution is 9.10. The highest BCUT2D eigenvalue weighted by Crippen LogP contribution is 2.12. The van der Waals surface area contributed by atoms with Crippen LogP contribution in [-0.2, 0) is 17.7 Å². The summed E-state index contributed by atoms with van der Waals surface area (Å²) in [6.45, 7) is 2.52. The Balaban J connectivity index is 2.41. The fourth-order valence-electron chi connectivity index (χ4n) is 2.31. The van der Waals surface area contributed by atoms with E-state index in [9.17, 15) is 9.59 Å². The van der Waals surface area contributed by atoms with Crippen molar-refractivity contribution in [1.82, 2.24) is 9.55 Å². The van der Waals surface area contributed by atoms with E-state index in [0.717, 1.165) is 35.1 Å². The molecule has 2 aromatic heterocycles. The number of halogens is 1. The molecular weight excluding hydrogens is 360 g/mol. The van der Waals surface area contributed by atoms with E-state index in [-0.39, 0.29) is 5.56 Å². The lowest BCUT2D eigenvalue weighted by atomic mass is 10.1. The Kier molecular flexibility index (Phi) is 6.10. The van der Waals surface area contributed by atoms with Gasteiger partial charge in [-0.2, -0.15) is 0 Å². The van der Waals surface area contributed by atoms with E-state index in [1.807, 2.05) is 12.1 Å². The molecule has 23 heavy (non-hydrogen) atoms. The summed E-state index contributed by atoms with van der Waals surface area (Å²) in [4.78, 5) is 28.3. The first-order valence-corrected chi connectivity index (χ1v) is 8.27. The number of pyridine rings is 2. The maximum absolute atomic E-state index is 12.4. The summed E-state index contributed by atoms with van der Waals surface area (Å²) in [6.07, 6.45) is 4.42. The molecule has 2 aromatic rings. The van der Waals surface area contributed by atoms with Gasteiger partial charge in [0.25, 0.3) is 5.56 Å². The van der Waals surface area contributed by atoms with Gasteiger partial charge in [-0.15, -0.1) is 0 Å². The van der Waals surface area contributed by atoms with Gasteiger partial charge in [-0.1, -0.05) is 19.4 Å². The second kappa shape index (κ2) is 8.06. The van der Waals surface area contributed by atoms with E-state index in [4.69, 9.17) is 4.74 Å². The zero-order chi connectivity index (χ0) is 16.8. The van der Waals surface area contributed by atoms with Crippen molar-refractivity contribution in [3.63, 3.8) is 0 Å². The number of aryl methyl sites for hydroxylation is 1. The van der Waals surface area contributed by atoms with Gasteiger partial charge >= 0.3 is 5.97 Å². The molecule has 0 aromatic carbocycles. The van der Waals surface area contributed by atoms with Crippen LogP contribution in [0.3, 0.4) is 0 Å². The third-order valence-electron chi connectivity index (χ3n) is 3.55. The van der Waals surface area contributed by atoms with Crippen LogP contribution >= 0.6 is 15.9 Å². The van der Waals surface area contributed by atoms with Crippen LogP contribution in [0.2, 0.25) is 0 Å². The van der Waals surface area contributed by atoms with Gasteiger partial charge in [-0.3, -0.25) is 4.79 Å². The Hall–Kier alpha value is -1.95. The van der Waals surface area contributed by atoms with Crippen molar-refractivity contribution in [2.75, 3.05) is 7.11 Å². The van der Waals surface area contributed by atoms with E-state index in [2.05, 4.69) is 27.8 Å². The standard InChI is InChI=1S/C17H19BrN2O3/c1-3-4-5-14-8-13(17(22)23-2)9-16(21)20(14)11-12-6-7-15(18)19-10-12/h6-10H,3-5,11H2,1-2H3. The molecule has 0 saturated carbocycles. The van der Waals surface area contributed by atoms with E-state index in [1.54, 1.807) is 16.8 Å². The molecule has 0 fully saturated rings. The molecule has 0 N–H and O–H groups in total. The number of esters is 1. The Bertz CT molecular complexity index is 738. The molecule has 0 bridgehead atoms. The third kappa shape index (κ3) is 4.51. The lowest BCUT2D eigenvalue weighted by Gasteiger charge is -2.14. The number of rotatable bonds is 6. The summed E-state index contributed by atoms with van der Waals surface area (Å²) in [7, 11) is 1.31. The number of methoxy groups -OCH3 is 1. The van der Waals surface area contributed by atoms with Gasteiger partial charge in [-0.25, -0.2) is 9.78 Å². The van der Waals surface area contributed by atoms with Gasteiger partial charge in [0.1, 0.15) is 4.60 Å². The number of aromatic nitrogens is 2. The molecule has 0 unspecified atom stereocenters. The number of hydrogen-bond acceptors (Lipinski definition) is 4. The molecule has 0 aliphatic carbocycles. The summed E-state index contributed by atoms with van der Waals surface area (Å²) in [5, 5.41) is 0. The number of carbonyl (C=O) groups is 1. The van der Waals surface area contributed by atoms with Gasteiger partial charge in [0.05, 0.1) is 19.2 Å². The Labute approximate surface area is 143 Å².